The van der Waals surface area contributed by atoms with Gasteiger partial charge >= 0.3 is 7.82 Å². The van der Waals surface area contributed by atoms with Crippen molar-refractivity contribution in [3.8, 4) is 5.75 Å². The van der Waals surface area contributed by atoms with Crippen molar-refractivity contribution in [1.82, 2.24) is 0 Å². The molecule has 0 bridgehead atoms. The van der Waals surface area contributed by atoms with E-state index < -0.39 is 7.82 Å². The van der Waals surface area contributed by atoms with E-state index in [-0.39, 0.29) is 0 Å². The summed E-state index contributed by atoms with van der Waals surface area (Å²) in [5.41, 5.74) is 6.19. The van der Waals surface area contributed by atoms with E-state index >= 15 is 0 Å². The molecule has 0 radical (unpaired) electrons. The Bertz CT molecular complexity index is 298. The van der Waals surface area contributed by atoms with E-state index in [1.165, 1.54) is 0 Å². The summed E-state index contributed by atoms with van der Waals surface area (Å²) in [6.45, 7) is 0. The number of hydrogen-bond acceptors (Lipinski definition) is 3. The van der Waals surface area contributed by atoms with Crippen LogP contribution in [0.25, 0.3) is 0 Å². The first-order valence-electron chi connectivity index (χ1n) is 3.50. The standard InChI is InChI=1S/C7H9NO.H3O4P/c1-9-7-4-2-6(8)3-5-7;1-5(2,3)4/h2-5H,8H2,1H3;(H3,1,2,3,4). The van der Waals surface area contributed by atoms with E-state index in [4.69, 9.17) is 29.7 Å². The number of rotatable bonds is 1. The lowest BCUT2D eigenvalue weighted by Crippen LogP contribution is -1.84. The number of hydrogen-bond donors (Lipinski definition) is 4. The van der Waals surface area contributed by atoms with Gasteiger partial charge in [0.25, 0.3) is 0 Å². The Kier molecular flexibility index (Phi) is 5.19. The van der Waals surface area contributed by atoms with Gasteiger partial charge in [0.2, 0.25) is 0 Å². The number of methoxy groups -OCH3 is 1. The molecule has 0 aliphatic heterocycles. The minimum atomic E-state index is -4.64. The maximum atomic E-state index is 8.88. The molecule has 0 amide bonds. The maximum absolute atomic E-state index is 8.88. The minimum Gasteiger partial charge on any atom is -0.497 e. The fraction of sp³-hybridized carbons (Fsp3) is 0.143. The van der Waals surface area contributed by atoms with E-state index in [1.807, 2.05) is 12.1 Å². The largest absolute Gasteiger partial charge is 0.497 e. The predicted octanol–water partition coefficient (Wildman–Crippen LogP) is 0.349. The van der Waals surface area contributed by atoms with Crippen molar-refractivity contribution >= 4 is 13.5 Å². The second kappa shape index (κ2) is 5.62. The summed E-state index contributed by atoms with van der Waals surface area (Å²) < 4.78 is 13.8. The molecule has 0 saturated heterocycles. The van der Waals surface area contributed by atoms with Gasteiger partial charge in [0.15, 0.2) is 0 Å². The van der Waals surface area contributed by atoms with Crippen LogP contribution in [0.5, 0.6) is 5.75 Å². The zero-order valence-electron chi connectivity index (χ0n) is 7.49. The third kappa shape index (κ3) is 9.02. The molecule has 80 valence electrons. The zero-order chi connectivity index (χ0) is 11.2. The Hall–Kier alpha value is -1.07. The summed E-state index contributed by atoms with van der Waals surface area (Å²) in [5, 5.41) is 0. The monoisotopic (exact) mass is 221 g/mol. The van der Waals surface area contributed by atoms with Gasteiger partial charge in [0.1, 0.15) is 5.75 Å². The number of ether oxygens (including phenoxy) is 1. The molecule has 6 nitrogen and oxygen atoms in total. The molecule has 0 spiro atoms. The number of anilines is 1. The van der Waals surface area contributed by atoms with Crippen LogP contribution in [0.3, 0.4) is 0 Å². The lowest BCUT2D eigenvalue weighted by Gasteiger charge is -1.97. The Morgan fingerprint density at radius 2 is 1.57 bits per heavy atom. The first-order valence-corrected chi connectivity index (χ1v) is 5.07. The lowest BCUT2D eigenvalue weighted by molar-refractivity contribution is 0.275. The van der Waals surface area contributed by atoms with Crippen molar-refractivity contribution in [2.24, 2.45) is 0 Å². The highest BCUT2D eigenvalue weighted by Gasteiger charge is 2.00. The average molecular weight is 221 g/mol. The molecule has 1 rings (SSSR count). The van der Waals surface area contributed by atoms with Crippen molar-refractivity contribution in [3.05, 3.63) is 24.3 Å². The summed E-state index contributed by atoms with van der Waals surface area (Å²) in [6, 6.07) is 7.27. The van der Waals surface area contributed by atoms with Crippen LogP contribution in [-0.2, 0) is 4.57 Å². The lowest BCUT2D eigenvalue weighted by atomic mass is 10.3. The third-order valence-electron chi connectivity index (χ3n) is 1.12. The van der Waals surface area contributed by atoms with Crippen LogP contribution in [0, 0.1) is 0 Å². The summed E-state index contributed by atoms with van der Waals surface area (Å²) in [4.78, 5) is 21.6. The van der Waals surface area contributed by atoms with Gasteiger partial charge in [-0.15, -0.1) is 0 Å². The van der Waals surface area contributed by atoms with Crippen LogP contribution in [0.4, 0.5) is 5.69 Å². The Labute approximate surface area is 81.2 Å². The third-order valence-corrected chi connectivity index (χ3v) is 1.12. The van der Waals surface area contributed by atoms with Gasteiger partial charge in [-0.1, -0.05) is 0 Å². The minimum absolute atomic E-state index is 0.760. The molecule has 0 aliphatic carbocycles. The molecule has 0 atom stereocenters. The highest BCUT2D eigenvalue weighted by atomic mass is 31.2. The topological polar surface area (TPSA) is 113 Å². The van der Waals surface area contributed by atoms with E-state index in [0.29, 0.717) is 0 Å². The maximum Gasteiger partial charge on any atom is 0.466 e. The average Bonchev–Trinajstić information content (AvgIpc) is 2.03. The first kappa shape index (κ1) is 12.9. The fourth-order valence-electron chi connectivity index (χ4n) is 0.604. The van der Waals surface area contributed by atoms with Gasteiger partial charge < -0.3 is 25.2 Å². The first-order chi connectivity index (χ1) is 6.33. The molecule has 0 aromatic heterocycles. The molecule has 1 aromatic rings. The SMILES string of the molecule is COc1ccc(N)cc1.O=P(O)(O)O. The van der Waals surface area contributed by atoms with E-state index in [0.717, 1.165) is 11.4 Å². The Balaban J connectivity index is 0.000000292. The molecular formula is C7H12NO5P. The van der Waals surface area contributed by atoms with Gasteiger partial charge in [0, 0.05) is 5.69 Å². The van der Waals surface area contributed by atoms with Crippen LogP contribution in [0.15, 0.2) is 24.3 Å². The zero-order valence-corrected chi connectivity index (χ0v) is 8.39. The van der Waals surface area contributed by atoms with Crippen LogP contribution < -0.4 is 10.5 Å². The quantitative estimate of drug-likeness (QED) is 0.402. The van der Waals surface area contributed by atoms with Crippen LogP contribution in [-0.4, -0.2) is 21.8 Å². The van der Waals surface area contributed by atoms with Crippen LogP contribution in [0.2, 0.25) is 0 Å². The smallest absolute Gasteiger partial charge is 0.466 e. The van der Waals surface area contributed by atoms with E-state index in [2.05, 4.69) is 0 Å². The summed E-state index contributed by atoms with van der Waals surface area (Å²) in [7, 11) is -3.01. The molecule has 0 aliphatic rings. The molecule has 0 saturated carbocycles. The molecule has 14 heavy (non-hydrogen) atoms. The van der Waals surface area contributed by atoms with Gasteiger partial charge in [-0.25, -0.2) is 4.57 Å². The van der Waals surface area contributed by atoms with E-state index in [9.17, 15) is 0 Å². The van der Waals surface area contributed by atoms with Crippen LogP contribution in [0.1, 0.15) is 0 Å². The predicted molar refractivity (Wildman–Crippen MR) is 51.7 cm³/mol. The van der Waals surface area contributed by atoms with Crippen molar-refractivity contribution in [1.29, 1.82) is 0 Å². The fourth-order valence-corrected chi connectivity index (χ4v) is 0.604. The number of nitrogen functional groups attached to an aromatic ring is 1. The number of nitrogens with two attached hydrogens (primary N) is 1. The van der Waals surface area contributed by atoms with Gasteiger partial charge in [-0.2, -0.15) is 0 Å². The highest BCUT2D eigenvalue weighted by molar-refractivity contribution is 7.45. The molecular weight excluding hydrogens is 209 g/mol. The van der Waals surface area contributed by atoms with Crippen molar-refractivity contribution < 1.29 is 24.0 Å². The van der Waals surface area contributed by atoms with Crippen molar-refractivity contribution in [3.63, 3.8) is 0 Å². The summed E-state index contributed by atoms with van der Waals surface area (Å²) in [6.07, 6.45) is 0. The summed E-state index contributed by atoms with van der Waals surface area (Å²) >= 11 is 0. The normalized spacial score (nSPS) is 10.0. The summed E-state index contributed by atoms with van der Waals surface area (Å²) in [5.74, 6) is 0.837. The number of benzene rings is 1. The van der Waals surface area contributed by atoms with Crippen molar-refractivity contribution in [2.75, 3.05) is 12.8 Å². The molecule has 0 unspecified atom stereocenters. The molecule has 7 heteroatoms. The molecule has 0 fully saturated rings. The van der Waals surface area contributed by atoms with Crippen molar-refractivity contribution in [2.45, 2.75) is 0 Å². The molecule has 0 heterocycles. The second-order valence-electron chi connectivity index (χ2n) is 2.29. The van der Waals surface area contributed by atoms with Gasteiger partial charge in [0.05, 0.1) is 7.11 Å². The van der Waals surface area contributed by atoms with E-state index in [1.54, 1.807) is 19.2 Å². The number of phosphoric acid groups is 1. The molecule has 1 aromatic carbocycles. The Morgan fingerprint density at radius 3 is 1.86 bits per heavy atom. The second-order valence-corrected chi connectivity index (χ2v) is 3.31. The molecule has 5 N–H and O–H groups in total. The van der Waals surface area contributed by atoms with Gasteiger partial charge in [-0.05, 0) is 24.3 Å². The van der Waals surface area contributed by atoms with Crippen LogP contribution >= 0.6 is 7.82 Å². The highest BCUT2D eigenvalue weighted by Crippen LogP contribution is 2.25. The Morgan fingerprint density at radius 1 is 1.21 bits per heavy atom. The van der Waals surface area contributed by atoms with Gasteiger partial charge in [-0.3, -0.25) is 0 Å².